The maximum atomic E-state index is 12.8. The summed E-state index contributed by atoms with van der Waals surface area (Å²) in [7, 11) is 0. The van der Waals surface area contributed by atoms with E-state index in [2.05, 4.69) is 9.97 Å². The van der Waals surface area contributed by atoms with Crippen LogP contribution in [0.2, 0.25) is 0 Å². The Hall–Kier alpha value is -1.06. The summed E-state index contributed by atoms with van der Waals surface area (Å²) in [6, 6.07) is 0. The molecule has 0 bridgehead atoms. The first kappa shape index (κ1) is 10.0. The van der Waals surface area contributed by atoms with Gasteiger partial charge in [0, 0.05) is 6.92 Å². The number of hydrogen-bond donors (Lipinski definition) is 0. The molecule has 1 heterocycles. The number of halogens is 2. The van der Waals surface area contributed by atoms with Gasteiger partial charge in [-0.3, -0.25) is 4.98 Å². The summed E-state index contributed by atoms with van der Waals surface area (Å²) in [6.45, 7) is 4.46. The highest BCUT2D eigenvalue weighted by Crippen LogP contribution is 2.24. The highest BCUT2D eigenvalue weighted by molar-refractivity contribution is 5.14. The molecule has 0 saturated carbocycles. The fourth-order valence-electron chi connectivity index (χ4n) is 1.03. The van der Waals surface area contributed by atoms with E-state index in [0.29, 0.717) is 12.1 Å². The lowest BCUT2D eigenvalue weighted by Crippen LogP contribution is -2.12. The maximum absolute atomic E-state index is 12.8. The van der Waals surface area contributed by atoms with Gasteiger partial charge in [0.15, 0.2) is 0 Å². The molecule has 0 aliphatic rings. The molecule has 1 aromatic rings. The Bertz CT molecular complexity index is 305. The summed E-state index contributed by atoms with van der Waals surface area (Å²) in [5.41, 5.74) is 1.10. The van der Waals surface area contributed by atoms with Crippen LogP contribution in [0, 0.1) is 6.92 Å². The van der Waals surface area contributed by atoms with Gasteiger partial charge < -0.3 is 0 Å². The van der Waals surface area contributed by atoms with E-state index in [1.54, 1.807) is 6.92 Å². The summed E-state index contributed by atoms with van der Waals surface area (Å²) >= 11 is 0. The SMILES string of the molecule is CCc1nc(C(C)(F)F)cnc1C. The number of hydrogen-bond acceptors (Lipinski definition) is 2. The van der Waals surface area contributed by atoms with Crippen LogP contribution >= 0.6 is 0 Å². The predicted octanol–water partition coefficient (Wildman–Crippen LogP) is 2.46. The number of aromatic nitrogens is 2. The topological polar surface area (TPSA) is 25.8 Å². The molecule has 0 N–H and O–H groups in total. The Labute approximate surface area is 76.0 Å². The number of aryl methyl sites for hydroxylation is 2. The fraction of sp³-hybridized carbons (Fsp3) is 0.556. The summed E-state index contributed by atoms with van der Waals surface area (Å²) in [5, 5.41) is 0. The van der Waals surface area contributed by atoms with Crippen molar-refractivity contribution in [3.05, 3.63) is 23.3 Å². The third-order valence-corrected chi connectivity index (χ3v) is 1.84. The lowest BCUT2D eigenvalue weighted by molar-refractivity contribution is 0.0121. The third kappa shape index (κ3) is 2.20. The normalized spacial score (nSPS) is 11.8. The van der Waals surface area contributed by atoms with E-state index < -0.39 is 5.92 Å². The van der Waals surface area contributed by atoms with Crippen LogP contribution in [0.1, 0.15) is 30.9 Å². The first-order valence-corrected chi connectivity index (χ1v) is 4.16. The molecule has 0 fully saturated rings. The Morgan fingerprint density at radius 1 is 1.46 bits per heavy atom. The molecule has 0 unspecified atom stereocenters. The average Bonchev–Trinajstić information content (AvgIpc) is 2.03. The van der Waals surface area contributed by atoms with Crippen molar-refractivity contribution in [1.29, 1.82) is 0 Å². The van der Waals surface area contributed by atoms with E-state index in [0.717, 1.165) is 18.8 Å². The molecule has 0 atom stereocenters. The van der Waals surface area contributed by atoms with Gasteiger partial charge in [-0.2, -0.15) is 8.78 Å². The molecule has 0 radical (unpaired) electrons. The zero-order chi connectivity index (χ0) is 10.1. The van der Waals surface area contributed by atoms with E-state index in [-0.39, 0.29) is 5.69 Å². The fourth-order valence-corrected chi connectivity index (χ4v) is 1.03. The van der Waals surface area contributed by atoms with Crippen molar-refractivity contribution in [2.75, 3.05) is 0 Å². The van der Waals surface area contributed by atoms with E-state index in [4.69, 9.17) is 0 Å². The highest BCUT2D eigenvalue weighted by atomic mass is 19.3. The highest BCUT2D eigenvalue weighted by Gasteiger charge is 2.26. The minimum Gasteiger partial charge on any atom is -0.258 e. The molecule has 0 aliphatic carbocycles. The standard InChI is InChI=1S/C9H12F2N2/c1-4-7-6(2)12-5-8(13-7)9(3,10)11/h5H,4H2,1-3H3. The molecule has 13 heavy (non-hydrogen) atoms. The Morgan fingerprint density at radius 2 is 2.08 bits per heavy atom. The Morgan fingerprint density at radius 3 is 2.54 bits per heavy atom. The summed E-state index contributed by atoms with van der Waals surface area (Å²) in [5.74, 6) is -2.90. The second-order valence-electron chi connectivity index (χ2n) is 3.03. The van der Waals surface area contributed by atoms with E-state index in [1.165, 1.54) is 0 Å². The van der Waals surface area contributed by atoms with Crippen molar-refractivity contribution >= 4 is 0 Å². The Kier molecular flexibility index (Phi) is 2.59. The van der Waals surface area contributed by atoms with Crippen molar-refractivity contribution < 1.29 is 8.78 Å². The second-order valence-corrected chi connectivity index (χ2v) is 3.03. The van der Waals surface area contributed by atoms with Crippen molar-refractivity contribution in [2.45, 2.75) is 33.1 Å². The van der Waals surface area contributed by atoms with Crippen LogP contribution in [0.4, 0.5) is 8.78 Å². The maximum Gasteiger partial charge on any atom is 0.288 e. The number of nitrogens with zero attached hydrogens (tertiary/aromatic N) is 2. The summed E-state index contributed by atoms with van der Waals surface area (Å²) in [6.07, 6.45) is 1.76. The van der Waals surface area contributed by atoms with Gasteiger partial charge in [0.25, 0.3) is 5.92 Å². The van der Waals surface area contributed by atoms with Crippen LogP contribution in [0.5, 0.6) is 0 Å². The molecular weight excluding hydrogens is 174 g/mol. The smallest absolute Gasteiger partial charge is 0.258 e. The van der Waals surface area contributed by atoms with Gasteiger partial charge in [-0.15, -0.1) is 0 Å². The molecule has 72 valence electrons. The van der Waals surface area contributed by atoms with E-state index in [1.807, 2.05) is 6.92 Å². The number of rotatable bonds is 2. The van der Waals surface area contributed by atoms with Crippen LogP contribution in [0.3, 0.4) is 0 Å². The molecule has 0 spiro atoms. The molecular formula is C9H12F2N2. The van der Waals surface area contributed by atoms with E-state index in [9.17, 15) is 8.78 Å². The molecule has 0 aromatic carbocycles. The van der Waals surface area contributed by atoms with Gasteiger partial charge in [0.2, 0.25) is 0 Å². The second kappa shape index (κ2) is 3.36. The zero-order valence-corrected chi connectivity index (χ0v) is 7.93. The van der Waals surface area contributed by atoms with Crippen LogP contribution in [-0.4, -0.2) is 9.97 Å². The van der Waals surface area contributed by atoms with Gasteiger partial charge in [0.05, 0.1) is 17.6 Å². The molecule has 1 rings (SSSR count). The largest absolute Gasteiger partial charge is 0.288 e. The lowest BCUT2D eigenvalue weighted by atomic mass is 10.2. The summed E-state index contributed by atoms with van der Waals surface area (Å²) in [4.78, 5) is 7.72. The van der Waals surface area contributed by atoms with Gasteiger partial charge in [-0.25, -0.2) is 4.98 Å². The minimum atomic E-state index is -2.90. The Balaban J connectivity index is 3.14. The molecule has 4 heteroatoms. The van der Waals surface area contributed by atoms with Crippen LogP contribution in [0.15, 0.2) is 6.20 Å². The summed E-state index contributed by atoms with van der Waals surface area (Å²) < 4.78 is 25.6. The van der Waals surface area contributed by atoms with Crippen molar-refractivity contribution in [3.63, 3.8) is 0 Å². The number of alkyl halides is 2. The zero-order valence-electron chi connectivity index (χ0n) is 7.93. The monoisotopic (exact) mass is 186 g/mol. The van der Waals surface area contributed by atoms with Crippen LogP contribution < -0.4 is 0 Å². The third-order valence-electron chi connectivity index (χ3n) is 1.84. The molecule has 1 aromatic heterocycles. The first-order chi connectivity index (χ1) is 5.95. The van der Waals surface area contributed by atoms with E-state index >= 15 is 0 Å². The molecule has 0 aliphatic heterocycles. The quantitative estimate of drug-likeness (QED) is 0.709. The van der Waals surface area contributed by atoms with Gasteiger partial charge in [-0.1, -0.05) is 6.92 Å². The van der Waals surface area contributed by atoms with Crippen molar-refractivity contribution in [1.82, 2.24) is 9.97 Å². The minimum absolute atomic E-state index is 0.255. The predicted molar refractivity (Wildman–Crippen MR) is 45.7 cm³/mol. The lowest BCUT2D eigenvalue weighted by Gasteiger charge is -2.10. The van der Waals surface area contributed by atoms with Crippen molar-refractivity contribution in [2.24, 2.45) is 0 Å². The first-order valence-electron chi connectivity index (χ1n) is 4.16. The molecule has 2 nitrogen and oxygen atoms in total. The van der Waals surface area contributed by atoms with Crippen LogP contribution in [0.25, 0.3) is 0 Å². The van der Waals surface area contributed by atoms with Gasteiger partial charge in [-0.05, 0) is 13.3 Å². The average molecular weight is 186 g/mol. The van der Waals surface area contributed by atoms with Gasteiger partial charge in [0.1, 0.15) is 5.69 Å². The molecule has 0 saturated heterocycles. The van der Waals surface area contributed by atoms with Crippen LogP contribution in [-0.2, 0) is 12.3 Å². The van der Waals surface area contributed by atoms with Crippen molar-refractivity contribution in [3.8, 4) is 0 Å². The van der Waals surface area contributed by atoms with Gasteiger partial charge >= 0.3 is 0 Å². The molecule has 0 amide bonds.